The van der Waals surface area contributed by atoms with E-state index < -0.39 is 5.41 Å². The van der Waals surface area contributed by atoms with Crippen molar-refractivity contribution in [2.24, 2.45) is 0 Å². The summed E-state index contributed by atoms with van der Waals surface area (Å²) in [7, 11) is 1.67. The van der Waals surface area contributed by atoms with Crippen molar-refractivity contribution < 1.29 is 9.53 Å². The number of amides is 1. The van der Waals surface area contributed by atoms with Crippen molar-refractivity contribution in [2.45, 2.75) is 37.7 Å². The first-order valence-corrected chi connectivity index (χ1v) is 8.19. The van der Waals surface area contributed by atoms with Gasteiger partial charge in [-0.2, -0.15) is 0 Å². The Hall–Kier alpha value is -2.13. The van der Waals surface area contributed by atoms with Gasteiger partial charge in [-0.3, -0.25) is 4.79 Å². The van der Waals surface area contributed by atoms with Crippen LogP contribution in [0.5, 0.6) is 0 Å². The lowest BCUT2D eigenvalue weighted by atomic mass is 9.78. The lowest BCUT2D eigenvalue weighted by Crippen LogP contribution is -2.37. The molecule has 1 aliphatic rings. The highest BCUT2D eigenvalue weighted by molar-refractivity contribution is 5.99. The molecule has 0 radical (unpaired) electrons. The molecule has 0 heterocycles. The van der Waals surface area contributed by atoms with Crippen molar-refractivity contribution in [3.63, 3.8) is 0 Å². The highest BCUT2D eigenvalue weighted by Crippen LogP contribution is 2.42. The van der Waals surface area contributed by atoms with Gasteiger partial charge in [0.05, 0.1) is 12.0 Å². The fourth-order valence-corrected chi connectivity index (χ4v) is 3.54. The standard InChI is InChI=1S/C20H23NO2/c1-23-15-16-8-7-11-18(14-16)21-19(22)20(12-5-6-13-20)17-9-3-2-4-10-17/h2-4,7-11,14H,5-6,12-13,15H2,1H3,(H,21,22). The quantitative estimate of drug-likeness (QED) is 0.895. The van der Waals surface area contributed by atoms with Crippen LogP contribution in [-0.4, -0.2) is 13.0 Å². The molecule has 0 bridgehead atoms. The molecular weight excluding hydrogens is 286 g/mol. The van der Waals surface area contributed by atoms with Gasteiger partial charge in [-0.15, -0.1) is 0 Å². The number of anilines is 1. The smallest absolute Gasteiger partial charge is 0.235 e. The number of ether oxygens (including phenoxy) is 1. The number of nitrogens with one attached hydrogen (secondary N) is 1. The van der Waals surface area contributed by atoms with Crippen LogP contribution in [0.1, 0.15) is 36.8 Å². The molecule has 3 nitrogen and oxygen atoms in total. The van der Waals surface area contributed by atoms with Gasteiger partial charge in [-0.1, -0.05) is 55.3 Å². The monoisotopic (exact) mass is 309 g/mol. The Morgan fingerprint density at radius 3 is 2.52 bits per heavy atom. The summed E-state index contributed by atoms with van der Waals surface area (Å²) in [6, 6.07) is 18.1. The molecule has 120 valence electrons. The first-order valence-electron chi connectivity index (χ1n) is 8.19. The van der Waals surface area contributed by atoms with Crippen LogP contribution in [0.4, 0.5) is 5.69 Å². The van der Waals surface area contributed by atoms with Gasteiger partial charge in [-0.05, 0) is 36.1 Å². The van der Waals surface area contributed by atoms with Crippen LogP contribution in [0, 0.1) is 0 Å². The fraction of sp³-hybridized carbons (Fsp3) is 0.350. The number of carbonyl (C=O) groups excluding carboxylic acids is 1. The third kappa shape index (κ3) is 3.30. The molecule has 0 saturated heterocycles. The Kier molecular flexibility index (Phi) is 4.77. The summed E-state index contributed by atoms with van der Waals surface area (Å²) >= 11 is 0. The van der Waals surface area contributed by atoms with Gasteiger partial charge in [0, 0.05) is 12.8 Å². The van der Waals surface area contributed by atoms with E-state index in [-0.39, 0.29) is 5.91 Å². The van der Waals surface area contributed by atoms with E-state index in [0.717, 1.165) is 42.5 Å². The first kappa shape index (κ1) is 15.8. The highest BCUT2D eigenvalue weighted by Gasteiger charge is 2.42. The van der Waals surface area contributed by atoms with Crippen molar-refractivity contribution in [1.29, 1.82) is 0 Å². The number of carbonyl (C=O) groups is 1. The van der Waals surface area contributed by atoms with Crippen molar-refractivity contribution >= 4 is 11.6 Å². The Bertz CT molecular complexity index is 660. The topological polar surface area (TPSA) is 38.3 Å². The van der Waals surface area contributed by atoms with Crippen LogP contribution in [0.15, 0.2) is 54.6 Å². The largest absolute Gasteiger partial charge is 0.380 e. The molecule has 0 unspecified atom stereocenters. The normalized spacial score (nSPS) is 16.2. The number of rotatable bonds is 5. The van der Waals surface area contributed by atoms with Crippen LogP contribution in [0.25, 0.3) is 0 Å². The lowest BCUT2D eigenvalue weighted by molar-refractivity contribution is -0.121. The van der Waals surface area contributed by atoms with E-state index in [9.17, 15) is 4.79 Å². The van der Waals surface area contributed by atoms with Crippen molar-refractivity contribution in [1.82, 2.24) is 0 Å². The molecule has 1 amide bonds. The highest BCUT2D eigenvalue weighted by atomic mass is 16.5. The molecule has 3 rings (SSSR count). The van der Waals surface area contributed by atoms with Crippen LogP contribution in [0.3, 0.4) is 0 Å². The zero-order valence-corrected chi connectivity index (χ0v) is 13.5. The summed E-state index contributed by atoms with van der Waals surface area (Å²) in [6.07, 6.45) is 4.04. The molecule has 1 fully saturated rings. The molecule has 0 atom stereocenters. The van der Waals surface area contributed by atoms with E-state index in [1.807, 2.05) is 42.5 Å². The van der Waals surface area contributed by atoms with Crippen molar-refractivity contribution in [3.05, 3.63) is 65.7 Å². The molecule has 2 aromatic rings. The van der Waals surface area contributed by atoms with E-state index in [1.165, 1.54) is 0 Å². The second-order valence-corrected chi connectivity index (χ2v) is 6.24. The van der Waals surface area contributed by atoms with Crippen LogP contribution in [0.2, 0.25) is 0 Å². The first-order chi connectivity index (χ1) is 11.2. The average molecular weight is 309 g/mol. The Labute approximate surface area is 137 Å². The molecule has 1 saturated carbocycles. The van der Waals surface area contributed by atoms with Gasteiger partial charge < -0.3 is 10.1 Å². The third-order valence-corrected chi connectivity index (χ3v) is 4.71. The Morgan fingerprint density at radius 1 is 1.09 bits per heavy atom. The predicted octanol–water partition coefficient (Wildman–Crippen LogP) is 4.28. The third-order valence-electron chi connectivity index (χ3n) is 4.71. The summed E-state index contributed by atoms with van der Waals surface area (Å²) in [6.45, 7) is 0.549. The van der Waals surface area contributed by atoms with E-state index in [4.69, 9.17) is 4.74 Å². The summed E-state index contributed by atoms with van der Waals surface area (Å²) in [5.41, 5.74) is 2.64. The zero-order valence-electron chi connectivity index (χ0n) is 13.5. The van der Waals surface area contributed by atoms with Gasteiger partial charge in [0.15, 0.2) is 0 Å². The minimum Gasteiger partial charge on any atom is -0.380 e. The predicted molar refractivity (Wildman–Crippen MR) is 92.4 cm³/mol. The van der Waals surface area contributed by atoms with Gasteiger partial charge in [0.25, 0.3) is 0 Å². The molecule has 2 aromatic carbocycles. The van der Waals surface area contributed by atoms with E-state index >= 15 is 0 Å². The maximum Gasteiger partial charge on any atom is 0.235 e. The lowest BCUT2D eigenvalue weighted by Gasteiger charge is -2.28. The van der Waals surface area contributed by atoms with Gasteiger partial charge in [-0.25, -0.2) is 0 Å². The van der Waals surface area contributed by atoms with E-state index in [0.29, 0.717) is 6.61 Å². The van der Waals surface area contributed by atoms with Crippen LogP contribution < -0.4 is 5.32 Å². The van der Waals surface area contributed by atoms with Crippen molar-refractivity contribution in [2.75, 3.05) is 12.4 Å². The minimum absolute atomic E-state index is 0.107. The number of hydrogen-bond acceptors (Lipinski definition) is 2. The number of methoxy groups -OCH3 is 1. The van der Waals surface area contributed by atoms with Crippen molar-refractivity contribution in [3.8, 4) is 0 Å². The van der Waals surface area contributed by atoms with E-state index in [1.54, 1.807) is 7.11 Å². The summed E-state index contributed by atoms with van der Waals surface area (Å²) in [5.74, 6) is 0.107. The van der Waals surface area contributed by atoms with Gasteiger partial charge >= 0.3 is 0 Å². The summed E-state index contributed by atoms with van der Waals surface area (Å²) in [4.78, 5) is 13.1. The molecule has 1 N–H and O–H groups in total. The molecule has 3 heteroatoms. The fourth-order valence-electron chi connectivity index (χ4n) is 3.54. The average Bonchev–Trinajstić information content (AvgIpc) is 3.07. The van der Waals surface area contributed by atoms with E-state index in [2.05, 4.69) is 17.4 Å². The Balaban J connectivity index is 1.84. The molecule has 0 aromatic heterocycles. The zero-order chi connectivity index (χ0) is 16.1. The van der Waals surface area contributed by atoms with Crippen LogP contribution >= 0.6 is 0 Å². The number of benzene rings is 2. The maximum absolute atomic E-state index is 13.1. The summed E-state index contributed by atoms with van der Waals surface area (Å²) < 4.78 is 5.16. The summed E-state index contributed by atoms with van der Waals surface area (Å²) in [5, 5.41) is 3.13. The molecule has 0 aliphatic heterocycles. The SMILES string of the molecule is COCc1cccc(NC(=O)C2(c3ccccc3)CCCC2)c1. The molecule has 0 spiro atoms. The second-order valence-electron chi connectivity index (χ2n) is 6.24. The Morgan fingerprint density at radius 2 is 1.83 bits per heavy atom. The maximum atomic E-state index is 13.1. The van der Waals surface area contributed by atoms with Crippen LogP contribution in [-0.2, 0) is 21.6 Å². The minimum atomic E-state index is -0.390. The number of hydrogen-bond donors (Lipinski definition) is 1. The molecular formula is C20H23NO2. The van der Waals surface area contributed by atoms with Gasteiger partial charge in [0.1, 0.15) is 0 Å². The molecule has 1 aliphatic carbocycles. The second kappa shape index (κ2) is 6.97. The van der Waals surface area contributed by atoms with Gasteiger partial charge in [0.2, 0.25) is 5.91 Å². The molecule has 23 heavy (non-hydrogen) atoms.